The molecule has 1 aromatic heterocycles. The number of hydrogen-bond donors (Lipinski definition) is 1. The Labute approximate surface area is 114 Å². The summed E-state index contributed by atoms with van der Waals surface area (Å²) in [6.07, 6.45) is 1.79. The molecule has 19 heavy (non-hydrogen) atoms. The van der Waals surface area contributed by atoms with Crippen LogP contribution in [-0.2, 0) is 6.61 Å². The van der Waals surface area contributed by atoms with Crippen molar-refractivity contribution in [3.05, 3.63) is 58.9 Å². The third-order valence-corrected chi connectivity index (χ3v) is 3.14. The highest BCUT2D eigenvalue weighted by molar-refractivity contribution is 5.39. The Morgan fingerprint density at radius 1 is 1.26 bits per heavy atom. The van der Waals surface area contributed by atoms with Crippen LogP contribution in [0.5, 0.6) is 5.75 Å². The van der Waals surface area contributed by atoms with Crippen LogP contribution in [0.25, 0.3) is 0 Å². The Bertz CT molecular complexity index is 564. The second kappa shape index (κ2) is 5.85. The first-order valence-electron chi connectivity index (χ1n) is 6.47. The van der Waals surface area contributed by atoms with Gasteiger partial charge in [-0.1, -0.05) is 18.2 Å². The maximum absolute atomic E-state index is 5.97. The molecule has 0 aliphatic rings. The molecule has 0 aliphatic carbocycles. The van der Waals surface area contributed by atoms with Crippen LogP contribution in [0, 0.1) is 13.8 Å². The third-order valence-electron chi connectivity index (χ3n) is 3.14. The summed E-state index contributed by atoms with van der Waals surface area (Å²) < 4.78 is 5.90. The van der Waals surface area contributed by atoms with Gasteiger partial charge in [0, 0.05) is 17.8 Å². The van der Waals surface area contributed by atoms with Crippen LogP contribution in [-0.4, -0.2) is 4.98 Å². The number of rotatable bonds is 4. The van der Waals surface area contributed by atoms with Gasteiger partial charge in [0.25, 0.3) is 0 Å². The van der Waals surface area contributed by atoms with E-state index in [0.29, 0.717) is 6.61 Å². The van der Waals surface area contributed by atoms with Crippen LogP contribution in [0.3, 0.4) is 0 Å². The van der Waals surface area contributed by atoms with E-state index in [1.807, 2.05) is 45.0 Å². The summed E-state index contributed by atoms with van der Waals surface area (Å²) in [5, 5.41) is 0. The molecule has 0 saturated heterocycles. The largest absolute Gasteiger partial charge is 0.487 e. The van der Waals surface area contributed by atoms with Crippen LogP contribution in [0.1, 0.15) is 35.3 Å². The van der Waals surface area contributed by atoms with Crippen molar-refractivity contribution in [1.29, 1.82) is 0 Å². The van der Waals surface area contributed by atoms with Crippen LogP contribution >= 0.6 is 0 Å². The lowest BCUT2D eigenvalue weighted by Crippen LogP contribution is -2.09. The summed E-state index contributed by atoms with van der Waals surface area (Å²) in [6, 6.07) is 10.0. The molecule has 2 N–H and O–H groups in total. The normalized spacial score (nSPS) is 12.2. The van der Waals surface area contributed by atoms with Crippen molar-refractivity contribution >= 4 is 0 Å². The van der Waals surface area contributed by atoms with Gasteiger partial charge in [-0.25, -0.2) is 0 Å². The molecule has 0 spiro atoms. The second-order valence-electron chi connectivity index (χ2n) is 4.89. The van der Waals surface area contributed by atoms with E-state index >= 15 is 0 Å². The zero-order chi connectivity index (χ0) is 13.8. The third kappa shape index (κ3) is 3.32. The van der Waals surface area contributed by atoms with Crippen molar-refractivity contribution in [2.45, 2.75) is 33.4 Å². The number of ether oxygens (including phenoxy) is 1. The van der Waals surface area contributed by atoms with Crippen molar-refractivity contribution in [1.82, 2.24) is 4.98 Å². The van der Waals surface area contributed by atoms with Crippen molar-refractivity contribution in [3.63, 3.8) is 0 Å². The predicted octanol–water partition coefficient (Wildman–Crippen LogP) is 3.30. The fraction of sp³-hybridized carbons (Fsp3) is 0.312. The fourth-order valence-corrected chi connectivity index (χ4v) is 1.96. The molecule has 3 heteroatoms. The molecular formula is C16H20N2O. The Morgan fingerprint density at radius 3 is 2.74 bits per heavy atom. The van der Waals surface area contributed by atoms with Crippen molar-refractivity contribution < 1.29 is 4.74 Å². The van der Waals surface area contributed by atoms with E-state index in [1.165, 1.54) is 0 Å². The Morgan fingerprint density at radius 2 is 2.05 bits per heavy atom. The number of hydrogen-bond acceptors (Lipinski definition) is 3. The Hall–Kier alpha value is -1.87. The first-order chi connectivity index (χ1) is 9.08. The molecule has 0 amide bonds. The van der Waals surface area contributed by atoms with E-state index in [2.05, 4.69) is 11.1 Å². The number of nitrogens with zero attached hydrogens (tertiary/aromatic N) is 1. The minimum Gasteiger partial charge on any atom is -0.487 e. The molecule has 0 fully saturated rings. The molecule has 3 nitrogen and oxygen atoms in total. The van der Waals surface area contributed by atoms with Crippen molar-refractivity contribution in [2.24, 2.45) is 5.73 Å². The summed E-state index contributed by atoms with van der Waals surface area (Å²) in [5.74, 6) is 0.847. The molecule has 1 aromatic carbocycles. The van der Waals surface area contributed by atoms with Gasteiger partial charge in [0.2, 0.25) is 0 Å². The highest BCUT2D eigenvalue weighted by Gasteiger charge is 2.09. The maximum Gasteiger partial charge on any atom is 0.130 e. The van der Waals surface area contributed by atoms with Crippen LogP contribution < -0.4 is 10.5 Å². The van der Waals surface area contributed by atoms with Gasteiger partial charge in [-0.05, 0) is 44.0 Å². The minimum absolute atomic E-state index is 0.0413. The summed E-state index contributed by atoms with van der Waals surface area (Å²) in [5.41, 5.74) is 10.3. The second-order valence-corrected chi connectivity index (χ2v) is 4.89. The summed E-state index contributed by atoms with van der Waals surface area (Å²) in [7, 11) is 0. The SMILES string of the molecule is Cc1ccc([C@@H](C)N)c(OCc2ncccc2C)c1. The number of nitrogens with two attached hydrogens (primary N) is 1. The van der Waals surface area contributed by atoms with E-state index in [-0.39, 0.29) is 6.04 Å². The maximum atomic E-state index is 5.97. The highest BCUT2D eigenvalue weighted by atomic mass is 16.5. The minimum atomic E-state index is -0.0413. The standard InChI is InChI=1S/C16H20N2O/c1-11-6-7-14(13(3)17)16(9-11)19-10-15-12(2)5-4-8-18-15/h4-9,13H,10,17H2,1-3H3/t13-/m1/s1. The number of pyridine rings is 1. The van der Waals surface area contributed by atoms with Gasteiger partial charge in [0.1, 0.15) is 12.4 Å². The van der Waals surface area contributed by atoms with E-state index in [0.717, 1.165) is 28.1 Å². The molecule has 1 atom stereocenters. The molecule has 0 radical (unpaired) electrons. The zero-order valence-electron chi connectivity index (χ0n) is 11.7. The molecule has 2 aromatic rings. The van der Waals surface area contributed by atoms with Gasteiger partial charge < -0.3 is 10.5 Å². The topological polar surface area (TPSA) is 48.1 Å². The van der Waals surface area contributed by atoms with E-state index in [1.54, 1.807) is 6.20 Å². The number of benzene rings is 1. The summed E-state index contributed by atoms with van der Waals surface area (Å²) >= 11 is 0. The quantitative estimate of drug-likeness (QED) is 0.913. The summed E-state index contributed by atoms with van der Waals surface area (Å²) in [4.78, 5) is 4.33. The number of aryl methyl sites for hydroxylation is 2. The molecule has 0 unspecified atom stereocenters. The zero-order valence-corrected chi connectivity index (χ0v) is 11.7. The smallest absolute Gasteiger partial charge is 0.130 e. The van der Waals surface area contributed by atoms with E-state index in [4.69, 9.17) is 10.5 Å². The molecule has 2 rings (SSSR count). The Kier molecular flexibility index (Phi) is 4.17. The first kappa shape index (κ1) is 13.6. The average molecular weight is 256 g/mol. The first-order valence-corrected chi connectivity index (χ1v) is 6.47. The molecule has 100 valence electrons. The van der Waals surface area contributed by atoms with Crippen LogP contribution in [0.2, 0.25) is 0 Å². The Balaban J connectivity index is 2.19. The van der Waals surface area contributed by atoms with E-state index < -0.39 is 0 Å². The van der Waals surface area contributed by atoms with Gasteiger partial charge in [-0.2, -0.15) is 0 Å². The van der Waals surface area contributed by atoms with Gasteiger partial charge >= 0.3 is 0 Å². The lowest BCUT2D eigenvalue weighted by atomic mass is 10.1. The van der Waals surface area contributed by atoms with E-state index in [9.17, 15) is 0 Å². The molecular weight excluding hydrogens is 236 g/mol. The van der Waals surface area contributed by atoms with Crippen LogP contribution in [0.15, 0.2) is 36.5 Å². The highest BCUT2D eigenvalue weighted by Crippen LogP contribution is 2.26. The van der Waals surface area contributed by atoms with Crippen molar-refractivity contribution in [2.75, 3.05) is 0 Å². The van der Waals surface area contributed by atoms with Crippen molar-refractivity contribution in [3.8, 4) is 5.75 Å². The molecule has 0 saturated carbocycles. The van der Waals surface area contributed by atoms with Crippen LogP contribution in [0.4, 0.5) is 0 Å². The lowest BCUT2D eigenvalue weighted by Gasteiger charge is -2.15. The predicted molar refractivity (Wildman–Crippen MR) is 77.1 cm³/mol. The monoisotopic (exact) mass is 256 g/mol. The van der Waals surface area contributed by atoms with Gasteiger partial charge in [0.05, 0.1) is 5.69 Å². The van der Waals surface area contributed by atoms with Gasteiger partial charge in [-0.3, -0.25) is 4.98 Å². The number of aromatic nitrogens is 1. The summed E-state index contributed by atoms with van der Waals surface area (Å²) in [6.45, 7) is 6.51. The lowest BCUT2D eigenvalue weighted by molar-refractivity contribution is 0.295. The molecule has 0 aliphatic heterocycles. The fourth-order valence-electron chi connectivity index (χ4n) is 1.96. The average Bonchev–Trinajstić information content (AvgIpc) is 2.37. The molecule has 1 heterocycles. The van der Waals surface area contributed by atoms with Gasteiger partial charge in [-0.15, -0.1) is 0 Å². The molecule has 0 bridgehead atoms. The van der Waals surface area contributed by atoms with Gasteiger partial charge in [0.15, 0.2) is 0 Å².